The molecule has 5 heteroatoms. The smallest absolute Gasteiger partial charge is 0.0672 e. The Hall–Kier alpha value is -2.01. The first-order valence-electron chi connectivity index (χ1n) is 6.38. The van der Waals surface area contributed by atoms with Gasteiger partial charge in [-0.05, 0) is 36.8 Å². The summed E-state index contributed by atoms with van der Waals surface area (Å²) in [6, 6.07) is 12.3. The van der Waals surface area contributed by atoms with Crippen LogP contribution in [-0.2, 0) is 0 Å². The number of fused-ring (bicyclic) bond motifs is 1. The lowest BCUT2D eigenvalue weighted by atomic mass is 10.1. The van der Waals surface area contributed by atoms with Crippen molar-refractivity contribution in [2.75, 3.05) is 11.1 Å². The molecule has 1 unspecified atom stereocenters. The zero-order valence-corrected chi connectivity index (χ0v) is 12.6. The molecule has 0 saturated carbocycles. The second-order valence-electron chi connectivity index (χ2n) is 4.81. The third-order valence-electron chi connectivity index (χ3n) is 3.35. The van der Waals surface area contributed by atoms with E-state index < -0.39 is 0 Å². The predicted octanol–water partition coefficient (Wildman–Crippen LogP) is 4.08. The molecule has 4 N–H and O–H groups in total. The largest absolute Gasteiger partial charge is 0.397 e. The Morgan fingerprint density at radius 2 is 2.00 bits per heavy atom. The molecule has 0 radical (unpaired) electrons. The summed E-state index contributed by atoms with van der Waals surface area (Å²) in [6.07, 6.45) is 1.77. The van der Waals surface area contributed by atoms with Gasteiger partial charge >= 0.3 is 0 Å². The molecule has 0 aliphatic carbocycles. The van der Waals surface area contributed by atoms with Gasteiger partial charge in [-0.3, -0.25) is 5.10 Å². The number of halogens is 1. The molecule has 20 heavy (non-hydrogen) atoms. The SMILES string of the molecule is CC(Nc1cc2[nH]ncc2cc1N)c1ccc(Br)cc1. The molecular weight excluding hydrogens is 316 g/mol. The first-order valence-corrected chi connectivity index (χ1v) is 7.17. The van der Waals surface area contributed by atoms with Crippen molar-refractivity contribution < 1.29 is 0 Å². The molecule has 1 aromatic heterocycles. The van der Waals surface area contributed by atoms with Gasteiger partial charge in [0.1, 0.15) is 0 Å². The van der Waals surface area contributed by atoms with Crippen molar-refractivity contribution in [2.24, 2.45) is 0 Å². The Morgan fingerprint density at radius 3 is 2.75 bits per heavy atom. The molecule has 0 spiro atoms. The van der Waals surface area contributed by atoms with Gasteiger partial charge in [0.25, 0.3) is 0 Å². The van der Waals surface area contributed by atoms with E-state index in [2.05, 4.69) is 50.5 Å². The first-order chi connectivity index (χ1) is 9.63. The van der Waals surface area contributed by atoms with E-state index in [1.807, 2.05) is 24.3 Å². The van der Waals surface area contributed by atoms with Gasteiger partial charge in [-0.2, -0.15) is 5.10 Å². The average Bonchev–Trinajstić information content (AvgIpc) is 2.87. The van der Waals surface area contributed by atoms with Crippen LogP contribution >= 0.6 is 15.9 Å². The summed E-state index contributed by atoms with van der Waals surface area (Å²) in [5, 5.41) is 11.4. The van der Waals surface area contributed by atoms with Crippen molar-refractivity contribution in [3.63, 3.8) is 0 Å². The topological polar surface area (TPSA) is 66.7 Å². The van der Waals surface area contributed by atoms with Gasteiger partial charge in [-0.15, -0.1) is 0 Å². The fourth-order valence-corrected chi connectivity index (χ4v) is 2.47. The van der Waals surface area contributed by atoms with E-state index in [1.54, 1.807) is 6.20 Å². The molecule has 0 aliphatic heterocycles. The lowest BCUT2D eigenvalue weighted by Crippen LogP contribution is -2.08. The highest BCUT2D eigenvalue weighted by Gasteiger charge is 2.09. The monoisotopic (exact) mass is 330 g/mol. The molecule has 0 amide bonds. The number of benzene rings is 2. The Morgan fingerprint density at radius 1 is 1.25 bits per heavy atom. The van der Waals surface area contributed by atoms with Gasteiger partial charge in [0, 0.05) is 15.9 Å². The summed E-state index contributed by atoms with van der Waals surface area (Å²) < 4.78 is 1.08. The van der Waals surface area contributed by atoms with Crippen molar-refractivity contribution in [3.05, 3.63) is 52.6 Å². The number of nitrogens with two attached hydrogens (primary N) is 1. The van der Waals surface area contributed by atoms with E-state index in [9.17, 15) is 0 Å². The van der Waals surface area contributed by atoms with Gasteiger partial charge in [0.05, 0.1) is 23.1 Å². The van der Waals surface area contributed by atoms with E-state index >= 15 is 0 Å². The van der Waals surface area contributed by atoms with Gasteiger partial charge in [-0.25, -0.2) is 0 Å². The summed E-state index contributed by atoms with van der Waals surface area (Å²) in [5.74, 6) is 0. The molecule has 0 saturated heterocycles. The standard InChI is InChI=1S/C15H15BrN4/c1-9(10-2-4-12(16)5-3-10)19-15-7-14-11(6-13(15)17)8-18-20-14/h2-9,19H,17H2,1H3,(H,18,20). The van der Waals surface area contributed by atoms with Crippen LogP contribution < -0.4 is 11.1 Å². The van der Waals surface area contributed by atoms with Crippen LogP contribution in [0.25, 0.3) is 10.9 Å². The highest BCUT2D eigenvalue weighted by molar-refractivity contribution is 9.10. The maximum Gasteiger partial charge on any atom is 0.0672 e. The molecular formula is C15H15BrN4. The van der Waals surface area contributed by atoms with Gasteiger partial charge in [0.15, 0.2) is 0 Å². The molecule has 1 atom stereocenters. The molecule has 102 valence electrons. The van der Waals surface area contributed by atoms with Crippen LogP contribution in [0.4, 0.5) is 11.4 Å². The van der Waals surface area contributed by atoms with Crippen LogP contribution in [0.1, 0.15) is 18.5 Å². The van der Waals surface area contributed by atoms with Crippen LogP contribution in [0.3, 0.4) is 0 Å². The molecule has 0 bridgehead atoms. The second kappa shape index (κ2) is 5.17. The lowest BCUT2D eigenvalue weighted by Gasteiger charge is -2.17. The van der Waals surface area contributed by atoms with Gasteiger partial charge in [-0.1, -0.05) is 28.1 Å². The summed E-state index contributed by atoms with van der Waals surface area (Å²) >= 11 is 3.44. The molecule has 3 aromatic rings. The van der Waals surface area contributed by atoms with E-state index in [-0.39, 0.29) is 6.04 Å². The Kier molecular flexibility index (Phi) is 3.36. The number of nitrogen functional groups attached to an aromatic ring is 1. The Bertz CT molecular complexity index is 733. The molecule has 3 rings (SSSR count). The van der Waals surface area contributed by atoms with Gasteiger partial charge in [0.2, 0.25) is 0 Å². The third-order valence-corrected chi connectivity index (χ3v) is 3.88. The Balaban J connectivity index is 1.88. The summed E-state index contributed by atoms with van der Waals surface area (Å²) in [4.78, 5) is 0. The van der Waals surface area contributed by atoms with Crippen LogP contribution in [0.2, 0.25) is 0 Å². The molecule has 0 aliphatic rings. The molecule has 4 nitrogen and oxygen atoms in total. The summed E-state index contributed by atoms with van der Waals surface area (Å²) in [5.41, 5.74) is 9.91. The minimum Gasteiger partial charge on any atom is -0.397 e. The number of anilines is 2. The minimum absolute atomic E-state index is 0.172. The average molecular weight is 331 g/mol. The van der Waals surface area contributed by atoms with Crippen molar-refractivity contribution in [3.8, 4) is 0 Å². The molecule has 0 fully saturated rings. The maximum atomic E-state index is 6.08. The molecule has 1 heterocycles. The first kappa shape index (κ1) is 13.0. The highest BCUT2D eigenvalue weighted by Crippen LogP contribution is 2.28. The van der Waals surface area contributed by atoms with Crippen molar-refractivity contribution >= 4 is 38.2 Å². The van der Waals surface area contributed by atoms with E-state index in [0.29, 0.717) is 0 Å². The van der Waals surface area contributed by atoms with Crippen LogP contribution in [-0.4, -0.2) is 10.2 Å². The minimum atomic E-state index is 0.172. The number of hydrogen-bond acceptors (Lipinski definition) is 3. The quantitative estimate of drug-likeness (QED) is 0.634. The van der Waals surface area contributed by atoms with Crippen LogP contribution in [0, 0.1) is 0 Å². The van der Waals surface area contributed by atoms with Crippen molar-refractivity contribution in [2.45, 2.75) is 13.0 Å². The summed E-state index contributed by atoms with van der Waals surface area (Å²) in [6.45, 7) is 2.11. The third kappa shape index (κ3) is 2.49. The number of rotatable bonds is 3. The maximum absolute atomic E-state index is 6.08. The number of H-pyrrole nitrogens is 1. The zero-order valence-electron chi connectivity index (χ0n) is 11.0. The van der Waals surface area contributed by atoms with Crippen LogP contribution in [0.5, 0.6) is 0 Å². The van der Waals surface area contributed by atoms with E-state index in [1.165, 1.54) is 5.56 Å². The number of aromatic amines is 1. The van der Waals surface area contributed by atoms with Gasteiger partial charge < -0.3 is 11.1 Å². The van der Waals surface area contributed by atoms with E-state index in [0.717, 1.165) is 26.8 Å². The Labute approximate surface area is 125 Å². The fraction of sp³-hybridized carbons (Fsp3) is 0.133. The number of aromatic nitrogens is 2. The second-order valence-corrected chi connectivity index (χ2v) is 5.73. The highest BCUT2D eigenvalue weighted by atomic mass is 79.9. The number of hydrogen-bond donors (Lipinski definition) is 3. The normalized spacial score (nSPS) is 12.5. The lowest BCUT2D eigenvalue weighted by molar-refractivity contribution is 0.885. The fourth-order valence-electron chi connectivity index (χ4n) is 2.20. The summed E-state index contributed by atoms with van der Waals surface area (Å²) in [7, 11) is 0. The van der Waals surface area contributed by atoms with Crippen LogP contribution in [0.15, 0.2) is 47.1 Å². The zero-order chi connectivity index (χ0) is 14.1. The number of nitrogens with one attached hydrogen (secondary N) is 2. The van der Waals surface area contributed by atoms with E-state index in [4.69, 9.17) is 5.73 Å². The van der Waals surface area contributed by atoms with Crippen molar-refractivity contribution in [1.82, 2.24) is 10.2 Å². The predicted molar refractivity (Wildman–Crippen MR) is 86.7 cm³/mol. The molecule has 2 aromatic carbocycles. The van der Waals surface area contributed by atoms with Crippen molar-refractivity contribution in [1.29, 1.82) is 0 Å². The number of nitrogens with zero attached hydrogens (tertiary/aromatic N) is 1.